The number of carbonyl (C=O) groups is 2. The van der Waals surface area contributed by atoms with Gasteiger partial charge in [0, 0.05) is 17.3 Å². The molecule has 0 amide bonds. The van der Waals surface area contributed by atoms with E-state index in [4.69, 9.17) is 4.74 Å². The second-order valence-corrected chi connectivity index (χ2v) is 3.62. The molecule has 0 atom stereocenters. The first-order chi connectivity index (χ1) is 9.06. The van der Waals surface area contributed by atoms with Gasteiger partial charge in [-0.3, -0.25) is 9.79 Å². The van der Waals surface area contributed by atoms with Gasteiger partial charge in [0.25, 0.3) is 0 Å². The molecule has 19 heavy (non-hydrogen) atoms. The van der Waals surface area contributed by atoms with Crippen LogP contribution >= 0.6 is 0 Å². The van der Waals surface area contributed by atoms with E-state index >= 15 is 0 Å². The molecule has 0 aliphatic rings. The molecule has 0 saturated heterocycles. The molecule has 4 heteroatoms. The molecule has 0 aliphatic carbocycles. The maximum absolute atomic E-state index is 11.7. The summed E-state index contributed by atoms with van der Waals surface area (Å²) in [4.78, 5) is 26.7. The predicted octanol–water partition coefficient (Wildman–Crippen LogP) is 2.78. The molecule has 0 saturated carbocycles. The number of rotatable bonds is 7. The SMILES string of the molecule is C=NC=CC=C(C)C(=O)OCC(=O)C(C=CC)=CC. The summed E-state index contributed by atoms with van der Waals surface area (Å²) in [6.45, 7) is 8.17. The molecule has 0 aromatic carbocycles. The summed E-state index contributed by atoms with van der Waals surface area (Å²) in [5.41, 5.74) is 0.911. The molecule has 0 heterocycles. The van der Waals surface area contributed by atoms with Crippen LogP contribution in [-0.2, 0) is 14.3 Å². The van der Waals surface area contributed by atoms with Crippen molar-refractivity contribution >= 4 is 18.5 Å². The normalized spacial score (nSPS) is 13.0. The van der Waals surface area contributed by atoms with E-state index in [0.717, 1.165) is 0 Å². The van der Waals surface area contributed by atoms with Gasteiger partial charge in [-0.15, -0.1) is 0 Å². The van der Waals surface area contributed by atoms with Crippen LogP contribution in [0, 0.1) is 0 Å². The summed E-state index contributed by atoms with van der Waals surface area (Å²) in [6.07, 6.45) is 9.68. The second kappa shape index (κ2) is 9.76. The van der Waals surface area contributed by atoms with Crippen LogP contribution in [0.3, 0.4) is 0 Å². The van der Waals surface area contributed by atoms with Crippen LogP contribution < -0.4 is 0 Å². The van der Waals surface area contributed by atoms with E-state index in [1.54, 1.807) is 44.2 Å². The summed E-state index contributed by atoms with van der Waals surface area (Å²) in [6, 6.07) is 0. The van der Waals surface area contributed by atoms with E-state index in [2.05, 4.69) is 11.7 Å². The molecule has 0 unspecified atom stereocenters. The Bertz CT molecular complexity index is 454. The topological polar surface area (TPSA) is 55.7 Å². The monoisotopic (exact) mass is 261 g/mol. The Morgan fingerprint density at radius 3 is 2.53 bits per heavy atom. The van der Waals surface area contributed by atoms with Crippen molar-refractivity contribution in [3.63, 3.8) is 0 Å². The molecule has 0 bridgehead atoms. The fourth-order valence-corrected chi connectivity index (χ4v) is 1.17. The fraction of sp³-hybridized carbons (Fsp3) is 0.267. The molecule has 102 valence electrons. The zero-order valence-electron chi connectivity index (χ0n) is 11.6. The van der Waals surface area contributed by atoms with Crippen molar-refractivity contribution in [3.05, 3.63) is 47.7 Å². The van der Waals surface area contributed by atoms with Crippen LogP contribution in [0.2, 0.25) is 0 Å². The van der Waals surface area contributed by atoms with Crippen LogP contribution in [0.15, 0.2) is 52.7 Å². The van der Waals surface area contributed by atoms with E-state index in [0.29, 0.717) is 11.1 Å². The first kappa shape index (κ1) is 16.8. The number of hydrogen-bond donors (Lipinski definition) is 0. The first-order valence-corrected chi connectivity index (χ1v) is 5.85. The molecule has 4 nitrogen and oxygen atoms in total. The van der Waals surface area contributed by atoms with Gasteiger partial charge < -0.3 is 4.74 Å². The standard InChI is InChI=1S/C15H19NO3/c1-5-8-13(6-2)14(17)11-19-15(18)12(3)9-7-10-16-4/h5-10H,4,11H2,1-3H3. The Morgan fingerprint density at radius 1 is 1.32 bits per heavy atom. The van der Waals surface area contributed by atoms with Gasteiger partial charge in [-0.25, -0.2) is 4.79 Å². The van der Waals surface area contributed by atoms with Crippen molar-refractivity contribution < 1.29 is 14.3 Å². The number of hydrogen-bond acceptors (Lipinski definition) is 4. The van der Waals surface area contributed by atoms with Crippen molar-refractivity contribution in [1.29, 1.82) is 0 Å². The van der Waals surface area contributed by atoms with Gasteiger partial charge in [0.2, 0.25) is 0 Å². The Kier molecular flexibility index (Phi) is 8.62. The Morgan fingerprint density at radius 2 is 2.00 bits per heavy atom. The van der Waals surface area contributed by atoms with E-state index < -0.39 is 5.97 Å². The highest BCUT2D eigenvalue weighted by molar-refractivity contribution is 6.00. The predicted molar refractivity (Wildman–Crippen MR) is 77.0 cm³/mol. The minimum absolute atomic E-state index is 0.231. The Balaban J connectivity index is 4.45. The van der Waals surface area contributed by atoms with Gasteiger partial charge in [0.15, 0.2) is 12.4 Å². The van der Waals surface area contributed by atoms with Crippen molar-refractivity contribution in [2.45, 2.75) is 20.8 Å². The highest BCUT2D eigenvalue weighted by Gasteiger charge is 2.10. The van der Waals surface area contributed by atoms with Crippen LogP contribution in [0.5, 0.6) is 0 Å². The van der Waals surface area contributed by atoms with Gasteiger partial charge in [-0.1, -0.05) is 24.3 Å². The van der Waals surface area contributed by atoms with E-state index in [-0.39, 0.29) is 12.4 Å². The lowest BCUT2D eigenvalue weighted by molar-refractivity contribution is -0.143. The number of carbonyl (C=O) groups excluding carboxylic acids is 2. The fourth-order valence-electron chi connectivity index (χ4n) is 1.17. The Labute approximate surface area is 113 Å². The smallest absolute Gasteiger partial charge is 0.334 e. The largest absolute Gasteiger partial charge is 0.454 e. The Hall–Kier alpha value is -2.23. The lowest BCUT2D eigenvalue weighted by Crippen LogP contribution is -2.15. The number of Topliss-reactive ketones (excluding diaryl/α,β-unsaturated/α-hetero) is 1. The first-order valence-electron chi connectivity index (χ1n) is 5.85. The summed E-state index contributed by atoms with van der Waals surface area (Å²) in [5, 5.41) is 0. The third-order valence-corrected chi connectivity index (χ3v) is 2.17. The zero-order valence-corrected chi connectivity index (χ0v) is 11.6. The van der Waals surface area contributed by atoms with E-state index in [1.165, 1.54) is 6.20 Å². The van der Waals surface area contributed by atoms with Crippen LogP contribution in [0.4, 0.5) is 0 Å². The van der Waals surface area contributed by atoms with Crippen molar-refractivity contribution in [2.24, 2.45) is 4.99 Å². The minimum Gasteiger partial charge on any atom is -0.454 e. The van der Waals surface area contributed by atoms with Gasteiger partial charge in [-0.05, 0) is 33.6 Å². The zero-order chi connectivity index (χ0) is 14.7. The summed E-state index contributed by atoms with van der Waals surface area (Å²) >= 11 is 0. The maximum atomic E-state index is 11.7. The lowest BCUT2D eigenvalue weighted by Gasteiger charge is -2.04. The average Bonchev–Trinajstić information content (AvgIpc) is 2.41. The minimum atomic E-state index is -0.530. The quantitative estimate of drug-likeness (QED) is 0.306. The molecule has 0 aliphatic heterocycles. The number of allylic oxidation sites excluding steroid dienone is 5. The van der Waals surface area contributed by atoms with Crippen LogP contribution in [0.25, 0.3) is 0 Å². The molecule has 0 aromatic rings. The van der Waals surface area contributed by atoms with E-state index in [9.17, 15) is 9.59 Å². The van der Waals surface area contributed by atoms with E-state index in [1.807, 2.05) is 6.92 Å². The van der Waals surface area contributed by atoms with Crippen LogP contribution in [-0.4, -0.2) is 25.1 Å². The van der Waals surface area contributed by atoms with Crippen molar-refractivity contribution in [3.8, 4) is 0 Å². The summed E-state index contributed by atoms with van der Waals surface area (Å²) < 4.78 is 4.91. The van der Waals surface area contributed by atoms with Gasteiger partial charge >= 0.3 is 5.97 Å². The maximum Gasteiger partial charge on any atom is 0.334 e. The van der Waals surface area contributed by atoms with Gasteiger partial charge in [0.05, 0.1) is 0 Å². The summed E-state index contributed by atoms with van der Waals surface area (Å²) in [7, 11) is 0. The van der Waals surface area contributed by atoms with Crippen molar-refractivity contribution in [1.82, 2.24) is 0 Å². The average molecular weight is 261 g/mol. The molecule has 0 fully saturated rings. The highest BCUT2D eigenvalue weighted by Crippen LogP contribution is 2.02. The third kappa shape index (κ3) is 6.93. The molecule has 0 aromatic heterocycles. The van der Waals surface area contributed by atoms with Crippen LogP contribution in [0.1, 0.15) is 20.8 Å². The van der Waals surface area contributed by atoms with Crippen molar-refractivity contribution in [2.75, 3.05) is 6.61 Å². The number of ketones is 1. The number of esters is 1. The van der Waals surface area contributed by atoms with Gasteiger partial charge in [-0.2, -0.15) is 0 Å². The number of ether oxygens (including phenoxy) is 1. The highest BCUT2D eigenvalue weighted by atomic mass is 16.5. The molecule has 0 spiro atoms. The molecular formula is C15H19NO3. The molecule has 0 rings (SSSR count). The second-order valence-electron chi connectivity index (χ2n) is 3.62. The number of aliphatic imine (C=N–C) groups is 1. The summed E-state index contributed by atoms with van der Waals surface area (Å²) in [5.74, 6) is -0.761. The lowest BCUT2D eigenvalue weighted by atomic mass is 10.1. The number of nitrogens with zero attached hydrogens (tertiary/aromatic N) is 1. The molecule has 0 N–H and O–H groups in total. The molecule has 0 radical (unpaired) electrons. The third-order valence-electron chi connectivity index (χ3n) is 2.17. The molecular weight excluding hydrogens is 242 g/mol. The van der Waals surface area contributed by atoms with Gasteiger partial charge in [0.1, 0.15) is 0 Å².